The highest BCUT2D eigenvalue weighted by molar-refractivity contribution is 6.11. The summed E-state index contributed by atoms with van der Waals surface area (Å²) < 4.78 is 5.22. The first kappa shape index (κ1) is 19.4. The van der Waals surface area contributed by atoms with Crippen LogP contribution in [0.4, 0.5) is 10.5 Å². The number of carbonyl (C=O) groups is 3. The number of rotatable bonds is 5. The molecular weight excluding hydrogens is 382 g/mol. The van der Waals surface area contributed by atoms with Gasteiger partial charge in [-0.3, -0.25) is 14.5 Å². The van der Waals surface area contributed by atoms with E-state index in [-0.39, 0.29) is 0 Å². The van der Waals surface area contributed by atoms with Crippen LogP contribution in [0.3, 0.4) is 0 Å². The number of para-hydroxylation sites is 2. The van der Waals surface area contributed by atoms with Crippen molar-refractivity contribution in [3.63, 3.8) is 0 Å². The van der Waals surface area contributed by atoms with Gasteiger partial charge in [-0.25, -0.2) is 4.79 Å². The van der Waals surface area contributed by atoms with Gasteiger partial charge in [0.2, 0.25) is 5.91 Å². The van der Waals surface area contributed by atoms with Crippen LogP contribution in [0.15, 0.2) is 66.7 Å². The maximum atomic E-state index is 13.2. The van der Waals surface area contributed by atoms with Crippen molar-refractivity contribution in [2.45, 2.75) is 12.5 Å². The molecular formula is C23H21N3O4. The Labute approximate surface area is 173 Å². The second-order valence-electron chi connectivity index (χ2n) is 7.22. The molecule has 1 atom stereocenters. The molecule has 1 saturated heterocycles. The molecule has 1 heterocycles. The van der Waals surface area contributed by atoms with E-state index in [0.717, 1.165) is 15.7 Å². The Kier molecular flexibility index (Phi) is 4.87. The molecule has 0 aliphatic carbocycles. The molecule has 0 unspecified atom stereocenters. The summed E-state index contributed by atoms with van der Waals surface area (Å²) in [5.74, 6) is -0.479. The number of nitrogens with zero attached hydrogens (tertiary/aromatic N) is 1. The van der Waals surface area contributed by atoms with Gasteiger partial charge in [-0.1, -0.05) is 54.6 Å². The molecule has 7 nitrogen and oxygen atoms in total. The summed E-state index contributed by atoms with van der Waals surface area (Å²) in [5.41, 5.74) is -0.108. The second-order valence-corrected chi connectivity index (χ2v) is 7.22. The molecule has 0 bridgehead atoms. The molecule has 3 aromatic carbocycles. The van der Waals surface area contributed by atoms with Gasteiger partial charge in [0.25, 0.3) is 5.91 Å². The van der Waals surface area contributed by atoms with Gasteiger partial charge in [0.1, 0.15) is 17.8 Å². The zero-order valence-corrected chi connectivity index (χ0v) is 16.6. The first-order valence-electron chi connectivity index (χ1n) is 9.49. The average molecular weight is 403 g/mol. The summed E-state index contributed by atoms with van der Waals surface area (Å²) in [7, 11) is 1.50. The molecule has 152 valence electrons. The monoisotopic (exact) mass is 403 g/mol. The Hall–Kier alpha value is -3.87. The Bertz CT molecular complexity index is 1150. The minimum Gasteiger partial charge on any atom is -0.495 e. The largest absolute Gasteiger partial charge is 0.495 e. The molecule has 0 saturated carbocycles. The van der Waals surface area contributed by atoms with Gasteiger partial charge in [-0.2, -0.15) is 0 Å². The van der Waals surface area contributed by atoms with E-state index in [9.17, 15) is 14.4 Å². The lowest BCUT2D eigenvalue weighted by Crippen LogP contribution is -2.42. The summed E-state index contributed by atoms with van der Waals surface area (Å²) in [4.78, 5) is 39.3. The SMILES string of the molecule is COc1ccccc1NC(=O)CN1C(=O)N[C@](C)(c2cccc3ccccc23)C1=O. The fraction of sp³-hybridized carbons (Fsp3) is 0.174. The van der Waals surface area contributed by atoms with E-state index < -0.39 is 29.9 Å². The van der Waals surface area contributed by atoms with Crippen molar-refractivity contribution in [1.29, 1.82) is 0 Å². The number of hydrogen-bond acceptors (Lipinski definition) is 4. The van der Waals surface area contributed by atoms with E-state index in [1.807, 2.05) is 42.5 Å². The van der Waals surface area contributed by atoms with Crippen LogP contribution in [0.5, 0.6) is 5.75 Å². The zero-order chi connectivity index (χ0) is 21.3. The highest BCUT2D eigenvalue weighted by Gasteiger charge is 2.50. The van der Waals surface area contributed by atoms with Crippen LogP contribution < -0.4 is 15.4 Å². The van der Waals surface area contributed by atoms with Crippen LogP contribution in [0.2, 0.25) is 0 Å². The van der Waals surface area contributed by atoms with Crippen LogP contribution in [-0.4, -0.2) is 36.4 Å². The Balaban J connectivity index is 1.59. The molecule has 0 radical (unpaired) electrons. The minimum absolute atomic E-state index is 0.400. The fourth-order valence-corrected chi connectivity index (χ4v) is 3.77. The van der Waals surface area contributed by atoms with Crippen molar-refractivity contribution in [2.75, 3.05) is 19.0 Å². The predicted molar refractivity (Wildman–Crippen MR) is 113 cm³/mol. The quantitative estimate of drug-likeness (QED) is 0.640. The summed E-state index contributed by atoms with van der Waals surface area (Å²) in [5, 5.41) is 7.29. The lowest BCUT2D eigenvalue weighted by Gasteiger charge is -2.24. The van der Waals surface area contributed by atoms with Crippen LogP contribution in [0.1, 0.15) is 12.5 Å². The second kappa shape index (κ2) is 7.51. The first-order chi connectivity index (χ1) is 14.4. The molecule has 1 fully saturated rings. The van der Waals surface area contributed by atoms with E-state index in [2.05, 4.69) is 10.6 Å². The van der Waals surface area contributed by atoms with Gasteiger partial charge in [-0.05, 0) is 35.4 Å². The Morgan fingerprint density at radius 3 is 2.53 bits per heavy atom. The van der Waals surface area contributed by atoms with Crippen molar-refractivity contribution in [3.05, 3.63) is 72.3 Å². The van der Waals surface area contributed by atoms with Gasteiger partial charge in [0.05, 0.1) is 12.8 Å². The number of hydrogen-bond donors (Lipinski definition) is 2. The lowest BCUT2D eigenvalue weighted by atomic mass is 9.88. The molecule has 3 aromatic rings. The average Bonchev–Trinajstić information content (AvgIpc) is 2.97. The summed E-state index contributed by atoms with van der Waals surface area (Å²) in [6.45, 7) is 1.26. The number of anilines is 1. The van der Waals surface area contributed by atoms with E-state index in [1.54, 1.807) is 31.2 Å². The molecule has 0 aromatic heterocycles. The molecule has 0 spiro atoms. The topological polar surface area (TPSA) is 87.7 Å². The number of methoxy groups -OCH3 is 1. The molecule has 1 aliphatic rings. The van der Waals surface area contributed by atoms with E-state index >= 15 is 0 Å². The molecule has 7 heteroatoms. The normalized spacial score (nSPS) is 18.4. The number of benzene rings is 3. The van der Waals surface area contributed by atoms with Crippen molar-refractivity contribution >= 4 is 34.3 Å². The maximum absolute atomic E-state index is 13.2. The number of nitrogens with one attached hydrogen (secondary N) is 2. The van der Waals surface area contributed by atoms with Crippen LogP contribution in [-0.2, 0) is 15.1 Å². The third kappa shape index (κ3) is 3.24. The van der Waals surface area contributed by atoms with Gasteiger partial charge in [0, 0.05) is 0 Å². The van der Waals surface area contributed by atoms with E-state index in [4.69, 9.17) is 4.74 Å². The number of ether oxygens (including phenoxy) is 1. The number of amides is 4. The third-order valence-corrected chi connectivity index (χ3v) is 5.29. The first-order valence-corrected chi connectivity index (χ1v) is 9.49. The van der Waals surface area contributed by atoms with Crippen molar-refractivity contribution < 1.29 is 19.1 Å². The molecule has 2 N–H and O–H groups in total. The fourth-order valence-electron chi connectivity index (χ4n) is 3.77. The van der Waals surface area contributed by atoms with Gasteiger partial charge >= 0.3 is 6.03 Å². The van der Waals surface area contributed by atoms with Crippen molar-refractivity contribution in [1.82, 2.24) is 10.2 Å². The summed E-state index contributed by atoms with van der Waals surface area (Å²) in [6.07, 6.45) is 0. The third-order valence-electron chi connectivity index (χ3n) is 5.29. The van der Waals surface area contributed by atoms with E-state index in [1.165, 1.54) is 7.11 Å². The smallest absolute Gasteiger partial charge is 0.325 e. The predicted octanol–water partition coefficient (Wildman–Crippen LogP) is 3.25. The molecule has 30 heavy (non-hydrogen) atoms. The highest BCUT2D eigenvalue weighted by atomic mass is 16.5. The summed E-state index contributed by atoms with van der Waals surface area (Å²) >= 11 is 0. The van der Waals surface area contributed by atoms with Crippen LogP contribution in [0.25, 0.3) is 10.8 Å². The van der Waals surface area contributed by atoms with Crippen molar-refractivity contribution in [2.24, 2.45) is 0 Å². The number of urea groups is 1. The van der Waals surface area contributed by atoms with Gasteiger partial charge in [0.15, 0.2) is 0 Å². The van der Waals surface area contributed by atoms with Crippen molar-refractivity contribution in [3.8, 4) is 5.75 Å². The minimum atomic E-state index is -1.26. The molecule has 4 rings (SSSR count). The van der Waals surface area contributed by atoms with Crippen LogP contribution >= 0.6 is 0 Å². The standard InChI is InChI=1S/C23H21N3O4/c1-23(17-11-7-9-15-8-3-4-10-16(15)17)21(28)26(22(29)25-23)14-20(27)24-18-12-5-6-13-19(18)30-2/h3-13H,14H2,1-2H3,(H,24,27)(H,25,29)/t23-/m1/s1. The number of imide groups is 1. The Morgan fingerprint density at radius 2 is 1.73 bits per heavy atom. The molecule has 1 aliphatic heterocycles. The Morgan fingerprint density at radius 1 is 1.03 bits per heavy atom. The molecule has 4 amide bonds. The zero-order valence-electron chi connectivity index (χ0n) is 16.6. The maximum Gasteiger partial charge on any atom is 0.325 e. The van der Waals surface area contributed by atoms with Crippen LogP contribution in [0, 0.1) is 0 Å². The number of fused-ring (bicyclic) bond motifs is 1. The van der Waals surface area contributed by atoms with Gasteiger partial charge < -0.3 is 15.4 Å². The van der Waals surface area contributed by atoms with Gasteiger partial charge in [-0.15, -0.1) is 0 Å². The lowest BCUT2D eigenvalue weighted by molar-refractivity contribution is -0.133. The van der Waals surface area contributed by atoms with E-state index in [0.29, 0.717) is 17.0 Å². The highest BCUT2D eigenvalue weighted by Crippen LogP contribution is 2.34. The number of carbonyl (C=O) groups excluding carboxylic acids is 3. The summed E-state index contributed by atoms with van der Waals surface area (Å²) in [6, 6.07) is 19.6.